The first-order valence-electron chi connectivity index (χ1n) is 8.66. The fraction of sp³-hybridized carbons (Fsp3) is 0.231. The minimum Gasteiger partial charge on any atom is -0.372 e. The van der Waals surface area contributed by atoms with E-state index in [9.17, 15) is 0 Å². The second kappa shape index (κ2) is 2.82. The Morgan fingerprint density at radius 2 is 2.00 bits per heavy atom. The van der Waals surface area contributed by atoms with Crippen molar-refractivity contribution in [3.63, 3.8) is 0 Å². The molecule has 1 aliphatic heterocycles. The highest BCUT2D eigenvalue weighted by Crippen LogP contribution is 2.30. The quantitative estimate of drug-likeness (QED) is 0.624. The van der Waals surface area contributed by atoms with E-state index >= 15 is 0 Å². The van der Waals surface area contributed by atoms with Gasteiger partial charge in [0.25, 0.3) is 0 Å². The first-order chi connectivity index (χ1) is 10.4. The molecule has 0 atom stereocenters. The van der Waals surface area contributed by atoms with E-state index in [2.05, 4.69) is 0 Å². The van der Waals surface area contributed by atoms with Crippen LogP contribution < -0.4 is 0 Å². The van der Waals surface area contributed by atoms with Gasteiger partial charge >= 0.3 is 0 Å². The zero-order chi connectivity index (χ0) is 17.5. The fourth-order valence-electron chi connectivity index (χ4n) is 1.50. The molecule has 1 heteroatoms. The monoisotopic (exact) mass is 193 g/mol. The van der Waals surface area contributed by atoms with Gasteiger partial charge in [0.15, 0.2) is 0 Å². The van der Waals surface area contributed by atoms with Gasteiger partial charge in [-0.15, -0.1) is 0 Å². The third-order valence-corrected chi connectivity index (χ3v) is 2.18. The molecule has 1 nitrogen and oxygen atoms in total. The van der Waals surface area contributed by atoms with Crippen LogP contribution in [0.25, 0.3) is 10.8 Å². The molecule has 2 aromatic carbocycles. The van der Waals surface area contributed by atoms with E-state index in [1.807, 2.05) is 0 Å². The molecule has 0 saturated heterocycles. The summed E-state index contributed by atoms with van der Waals surface area (Å²) < 4.78 is 76.4. The van der Waals surface area contributed by atoms with Crippen LogP contribution >= 0.6 is 0 Å². The summed E-state index contributed by atoms with van der Waals surface area (Å²) in [5.74, 6) is 0. The molecule has 0 unspecified atom stereocenters. The predicted octanol–water partition coefficient (Wildman–Crippen LogP) is 3.18. The van der Waals surface area contributed by atoms with Gasteiger partial charge in [-0.25, -0.2) is 0 Å². The molecule has 0 spiro atoms. The van der Waals surface area contributed by atoms with Crippen LogP contribution in [-0.2, 0) is 17.9 Å². The predicted molar refractivity (Wildman–Crippen MR) is 57.2 cm³/mol. The third kappa shape index (κ3) is 0.992. The van der Waals surface area contributed by atoms with Crippen molar-refractivity contribution in [2.45, 2.75) is 20.0 Å². The second-order valence-corrected chi connectivity index (χ2v) is 3.06. The smallest absolute Gasteiger partial charge is 0.0727 e. The van der Waals surface area contributed by atoms with Gasteiger partial charge in [-0.3, -0.25) is 0 Å². The van der Waals surface area contributed by atoms with Crippen LogP contribution in [0.4, 0.5) is 0 Å². The number of aryl methyl sites for hydroxylation is 1. The van der Waals surface area contributed by atoms with Gasteiger partial charge in [0.05, 0.1) is 25.5 Å². The molecule has 0 amide bonds. The van der Waals surface area contributed by atoms with E-state index in [4.69, 9.17) is 17.1 Å². The highest BCUT2D eigenvalue weighted by Gasteiger charge is 2.12. The van der Waals surface area contributed by atoms with Gasteiger partial charge in [-0.2, -0.15) is 0 Å². The Bertz CT molecular complexity index is 806. The van der Waals surface area contributed by atoms with Crippen LogP contribution in [0.1, 0.15) is 29.0 Å². The largest absolute Gasteiger partial charge is 0.372 e. The lowest BCUT2D eigenvalue weighted by Gasteiger charge is -2.18. The van der Waals surface area contributed by atoms with Crippen molar-refractivity contribution in [3.05, 3.63) is 46.9 Å². The topological polar surface area (TPSA) is 9.23 Å². The van der Waals surface area contributed by atoms with Crippen molar-refractivity contribution in [2.75, 3.05) is 0 Å². The summed E-state index contributed by atoms with van der Waals surface area (Å²) in [5, 5.41) is -0.0798. The zero-order valence-corrected chi connectivity index (χ0v) is 7.41. The highest BCUT2D eigenvalue weighted by molar-refractivity contribution is 5.91. The van der Waals surface area contributed by atoms with Crippen molar-refractivity contribution < 1.29 is 17.1 Å². The summed E-state index contributed by atoms with van der Waals surface area (Å²) in [7, 11) is 0. The Morgan fingerprint density at radius 1 is 1.21 bits per heavy atom. The molecule has 0 radical (unpaired) electrons. The molecule has 70 valence electrons. The van der Waals surface area contributed by atoms with Crippen molar-refractivity contribution in [2.24, 2.45) is 0 Å². The molecule has 2 aromatic rings. The molecule has 0 N–H and O–H groups in total. The average Bonchev–Trinajstić information content (AvgIpc) is 2.39. The first-order valence-corrected chi connectivity index (χ1v) is 4.16. The third-order valence-electron chi connectivity index (χ3n) is 2.18. The van der Waals surface area contributed by atoms with E-state index < -0.39 is 31.2 Å². The lowest BCUT2D eigenvalue weighted by Crippen LogP contribution is -2.04. The van der Waals surface area contributed by atoms with Crippen molar-refractivity contribution in [3.8, 4) is 0 Å². The van der Waals surface area contributed by atoms with E-state index in [0.717, 1.165) is 0 Å². The number of hydrogen-bond acceptors (Lipinski definition) is 1. The van der Waals surface area contributed by atoms with E-state index in [1.165, 1.54) is 6.92 Å². The van der Waals surface area contributed by atoms with Crippen LogP contribution in [0, 0.1) is 6.92 Å². The molecule has 14 heavy (non-hydrogen) atoms. The van der Waals surface area contributed by atoms with Gasteiger partial charge in [0.2, 0.25) is 0 Å². The van der Waals surface area contributed by atoms with Gasteiger partial charge in [-0.1, -0.05) is 30.2 Å². The van der Waals surface area contributed by atoms with E-state index in [0.29, 0.717) is 0 Å². The summed E-state index contributed by atoms with van der Waals surface area (Å²) >= 11 is 0. The SMILES string of the molecule is [2H]c1c([2H])c2c3c(c([2H])c([2H])c(C)c3c1[2H])C([2H])([2H])OC2([2H])[2H]. The maximum absolute atomic E-state index is 8.05. The van der Waals surface area contributed by atoms with Gasteiger partial charge in [0, 0.05) is 0 Å². The van der Waals surface area contributed by atoms with Gasteiger partial charge in [0.1, 0.15) is 0 Å². The summed E-state index contributed by atoms with van der Waals surface area (Å²) in [6.45, 7) is -3.90. The molecule has 0 aromatic heterocycles. The maximum atomic E-state index is 8.05. The molecule has 0 saturated carbocycles. The van der Waals surface area contributed by atoms with Gasteiger partial charge in [-0.05, 0) is 34.4 Å². The molecule has 0 bridgehead atoms. The zero-order valence-electron chi connectivity index (χ0n) is 16.4. The Morgan fingerprint density at radius 3 is 2.86 bits per heavy atom. The number of ether oxygens (including phenoxy) is 1. The van der Waals surface area contributed by atoms with Crippen molar-refractivity contribution >= 4 is 10.8 Å². The molecule has 0 fully saturated rings. The van der Waals surface area contributed by atoms with Crippen LogP contribution in [-0.4, -0.2) is 0 Å². The normalized spacial score (nSPS) is 31.1. The summed E-state index contributed by atoms with van der Waals surface area (Å²) in [6.07, 6.45) is 0. The summed E-state index contributed by atoms with van der Waals surface area (Å²) in [6, 6.07) is -2.24. The minimum atomic E-state index is -2.68. The Hall–Kier alpha value is -1.34. The summed E-state index contributed by atoms with van der Waals surface area (Å²) in [4.78, 5) is 0. The Labute approximate surface area is 96.0 Å². The lowest BCUT2D eigenvalue weighted by molar-refractivity contribution is 0.103. The van der Waals surface area contributed by atoms with E-state index in [-0.39, 0.29) is 39.5 Å². The molecule has 3 rings (SSSR count). The first kappa shape index (κ1) is 3.07. The minimum absolute atomic E-state index is 0.0213. The van der Waals surface area contributed by atoms with Crippen LogP contribution in [0.15, 0.2) is 30.2 Å². The average molecular weight is 193 g/mol. The van der Waals surface area contributed by atoms with Crippen molar-refractivity contribution in [1.82, 2.24) is 0 Å². The standard InChI is InChI=1S/C13H12O/c1-9-5-6-11-8-14-7-10-3-2-4-12(9)13(10)11/h2-6H,7-8H2,1H3/i2D,3D,4D,5D,6D,7D2,8D2. The van der Waals surface area contributed by atoms with Crippen molar-refractivity contribution in [1.29, 1.82) is 0 Å². The molecular weight excluding hydrogens is 172 g/mol. The molecule has 1 heterocycles. The fourth-order valence-corrected chi connectivity index (χ4v) is 1.50. The second-order valence-electron chi connectivity index (χ2n) is 3.06. The lowest BCUT2D eigenvalue weighted by atomic mass is 9.95. The number of rotatable bonds is 0. The van der Waals surface area contributed by atoms with Crippen LogP contribution in [0.5, 0.6) is 0 Å². The molecule has 1 aliphatic rings. The summed E-state index contributed by atoms with van der Waals surface area (Å²) in [5.41, 5.74) is -0.549. The Kier molecular flexibility index (Phi) is 0.620. The number of benzene rings is 2. The highest BCUT2D eigenvalue weighted by atomic mass is 16.5. The van der Waals surface area contributed by atoms with E-state index in [1.54, 1.807) is 0 Å². The Balaban J connectivity index is 2.76. The number of hydrogen-bond donors (Lipinski definition) is 0. The van der Waals surface area contributed by atoms with Crippen LogP contribution in [0.2, 0.25) is 0 Å². The van der Waals surface area contributed by atoms with Crippen LogP contribution in [0.3, 0.4) is 0 Å². The van der Waals surface area contributed by atoms with Gasteiger partial charge < -0.3 is 4.74 Å². The maximum Gasteiger partial charge on any atom is 0.0727 e. The molecular formula is C13H12O. The molecule has 0 aliphatic carbocycles.